The second-order valence-electron chi connectivity index (χ2n) is 6.45. The number of aromatic nitrogens is 1. The molecule has 2 aromatic heterocycles. The maximum absolute atomic E-state index is 13.0. The predicted octanol–water partition coefficient (Wildman–Crippen LogP) is 4.62. The highest BCUT2D eigenvalue weighted by molar-refractivity contribution is 6.02. The summed E-state index contributed by atoms with van der Waals surface area (Å²) in [5, 5.41) is 6.46. The Morgan fingerprint density at radius 1 is 1.12 bits per heavy atom. The van der Waals surface area contributed by atoms with Gasteiger partial charge in [0.15, 0.2) is 11.6 Å². The van der Waals surface area contributed by atoms with Crippen molar-refractivity contribution < 1.29 is 18.1 Å². The van der Waals surface area contributed by atoms with Crippen molar-refractivity contribution in [3.8, 4) is 11.3 Å². The average Bonchev–Trinajstić information content (AvgIpc) is 3.16. The van der Waals surface area contributed by atoms with Crippen LogP contribution in [0.3, 0.4) is 0 Å². The molecule has 0 aliphatic heterocycles. The molecule has 6 heteroatoms. The van der Waals surface area contributed by atoms with Gasteiger partial charge in [0.1, 0.15) is 17.3 Å². The fraction of sp³-hybridized carbons (Fsp3) is 0.222. The first-order valence-corrected chi connectivity index (χ1v) is 7.47. The van der Waals surface area contributed by atoms with Gasteiger partial charge >= 0.3 is 0 Å². The molecule has 0 bridgehead atoms. The summed E-state index contributed by atoms with van der Waals surface area (Å²) in [6, 6.07) is 10.7. The quantitative estimate of drug-likeness (QED) is 0.761. The molecule has 0 aliphatic carbocycles. The number of anilines is 1. The van der Waals surface area contributed by atoms with Gasteiger partial charge in [-0.1, -0.05) is 25.9 Å². The molecule has 0 atom stereocenters. The largest absolute Gasteiger partial charge is 0.451 e. The SMILES string of the molecule is CC(C)(C)c1cc(NC(=O)c2ccc(-c3ccc(F)cc3)o2)no1. The Balaban J connectivity index is 1.74. The first-order chi connectivity index (χ1) is 11.3. The second-order valence-corrected chi connectivity index (χ2v) is 6.45. The minimum atomic E-state index is -0.433. The van der Waals surface area contributed by atoms with Crippen LogP contribution in [0.5, 0.6) is 0 Å². The highest BCUT2D eigenvalue weighted by Gasteiger charge is 2.21. The fourth-order valence-corrected chi connectivity index (χ4v) is 2.09. The molecule has 3 rings (SSSR count). The van der Waals surface area contributed by atoms with Gasteiger partial charge in [-0.2, -0.15) is 0 Å². The van der Waals surface area contributed by atoms with E-state index in [-0.39, 0.29) is 17.0 Å². The second kappa shape index (κ2) is 5.96. The molecule has 0 fully saturated rings. The van der Waals surface area contributed by atoms with Gasteiger partial charge in [0.25, 0.3) is 5.91 Å². The van der Waals surface area contributed by atoms with Crippen LogP contribution in [0.4, 0.5) is 10.2 Å². The van der Waals surface area contributed by atoms with Crippen molar-refractivity contribution in [2.75, 3.05) is 5.32 Å². The molecule has 24 heavy (non-hydrogen) atoms. The van der Waals surface area contributed by atoms with Crippen molar-refractivity contribution in [3.63, 3.8) is 0 Å². The zero-order valence-corrected chi connectivity index (χ0v) is 13.6. The fourth-order valence-electron chi connectivity index (χ4n) is 2.09. The van der Waals surface area contributed by atoms with Gasteiger partial charge in [-0.15, -0.1) is 0 Å². The lowest BCUT2D eigenvalue weighted by Crippen LogP contribution is -2.11. The van der Waals surface area contributed by atoms with Gasteiger partial charge in [-0.3, -0.25) is 4.79 Å². The number of rotatable bonds is 3. The van der Waals surface area contributed by atoms with Crippen molar-refractivity contribution in [1.29, 1.82) is 0 Å². The lowest BCUT2D eigenvalue weighted by atomic mass is 9.93. The summed E-state index contributed by atoms with van der Waals surface area (Å²) in [6.45, 7) is 5.96. The first-order valence-electron chi connectivity index (χ1n) is 7.47. The van der Waals surface area contributed by atoms with Crippen LogP contribution in [-0.2, 0) is 5.41 Å². The third-order valence-corrected chi connectivity index (χ3v) is 3.45. The van der Waals surface area contributed by atoms with Crippen molar-refractivity contribution >= 4 is 11.7 Å². The van der Waals surface area contributed by atoms with Gasteiger partial charge in [0.05, 0.1) is 0 Å². The van der Waals surface area contributed by atoms with Crippen LogP contribution in [0.25, 0.3) is 11.3 Å². The average molecular weight is 328 g/mol. The van der Waals surface area contributed by atoms with E-state index in [0.717, 1.165) is 0 Å². The smallest absolute Gasteiger partial charge is 0.292 e. The molecular weight excluding hydrogens is 311 g/mol. The summed E-state index contributed by atoms with van der Waals surface area (Å²) in [5.74, 6) is 0.847. The molecule has 0 saturated carbocycles. The molecule has 1 aromatic carbocycles. The van der Waals surface area contributed by atoms with Crippen LogP contribution in [0, 0.1) is 5.82 Å². The van der Waals surface area contributed by atoms with Crippen LogP contribution in [-0.4, -0.2) is 11.1 Å². The van der Waals surface area contributed by atoms with Crippen LogP contribution < -0.4 is 5.32 Å². The summed E-state index contributed by atoms with van der Waals surface area (Å²) in [4.78, 5) is 12.2. The van der Waals surface area contributed by atoms with Crippen molar-refractivity contribution in [2.45, 2.75) is 26.2 Å². The molecule has 0 saturated heterocycles. The predicted molar refractivity (Wildman–Crippen MR) is 87.3 cm³/mol. The van der Waals surface area contributed by atoms with E-state index in [1.165, 1.54) is 12.1 Å². The monoisotopic (exact) mass is 328 g/mol. The Hall–Kier alpha value is -2.89. The summed E-state index contributed by atoms with van der Waals surface area (Å²) in [6.07, 6.45) is 0. The molecule has 5 nitrogen and oxygen atoms in total. The van der Waals surface area contributed by atoms with E-state index in [4.69, 9.17) is 8.94 Å². The molecule has 2 heterocycles. The Bertz CT molecular complexity index is 857. The minimum Gasteiger partial charge on any atom is -0.451 e. The highest BCUT2D eigenvalue weighted by atomic mass is 19.1. The molecular formula is C18H17FN2O3. The molecule has 1 N–H and O–H groups in total. The van der Waals surface area contributed by atoms with Crippen molar-refractivity contribution in [3.05, 3.63) is 59.8 Å². The number of nitrogens with one attached hydrogen (secondary N) is 1. The molecule has 0 aliphatic rings. The Morgan fingerprint density at radius 2 is 1.83 bits per heavy atom. The molecule has 3 aromatic rings. The summed E-state index contributed by atoms with van der Waals surface area (Å²) >= 11 is 0. The normalized spacial score (nSPS) is 11.5. The highest BCUT2D eigenvalue weighted by Crippen LogP contribution is 2.26. The molecule has 124 valence electrons. The van der Waals surface area contributed by atoms with E-state index < -0.39 is 5.91 Å². The van der Waals surface area contributed by atoms with Crippen molar-refractivity contribution in [2.24, 2.45) is 0 Å². The first kappa shape index (κ1) is 16.0. The van der Waals surface area contributed by atoms with Crippen molar-refractivity contribution in [1.82, 2.24) is 5.16 Å². The number of halogens is 1. The number of hydrogen-bond acceptors (Lipinski definition) is 4. The van der Waals surface area contributed by atoms with Crippen LogP contribution in [0.1, 0.15) is 37.1 Å². The lowest BCUT2D eigenvalue weighted by Gasteiger charge is -2.11. The summed E-state index contributed by atoms with van der Waals surface area (Å²) in [7, 11) is 0. The number of furan rings is 1. The topological polar surface area (TPSA) is 68.3 Å². The number of carbonyl (C=O) groups excluding carboxylic acids is 1. The van der Waals surface area contributed by atoms with Crippen LogP contribution in [0.2, 0.25) is 0 Å². The van der Waals surface area contributed by atoms with Crippen LogP contribution >= 0.6 is 0 Å². The molecule has 0 spiro atoms. The van der Waals surface area contributed by atoms with E-state index in [2.05, 4.69) is 10.5 Å². The molecule has 0 radical (unpaired) electrons. The third-order valence-electron chi connectivity index (χ3n) is 3.45. The zero-order chi connectivity index (χ0) is 17.3. The zero-order valence-electron chi connectivity index (χ0n) is 13.6. The molecule has 1 amide bonds. The number of hydrogen-bond donors (Lipinski definition) is 1. The van der Waals surface area contributed by atoms with Gasteiger partial charge < -0.3 is 14.3 Å². The summed E-state index contributed by atoms with van der Waals surface area (Å²) in [5.41, 5.74) is 0.489. The Kier molecular flexibility index (Phi) is 3.97. The van der Waals surface area contributed by atoms with Gasteiger partial charge in [0, 0.05) is 17.0 Å². The minimum absolute atomic E-state index is 0.134. The maximum atomic E-state index is 13.0. The van der Waals surface area contributed by atoms with E-state index >= 15 is 0 Å². The maximum Gasteiger partial charge on any atom is 0.292 e. The number of nitrogens with zero attached hydrogens (tertiary/aromatic N) is 1. The van der Waals surface area contributed by atoms with Crippen LogP contribution in [0.15, 0.2) is 51.4 Å². The number of amides is 1. The third kappa shape index (κ3) is 3.37. The van der Waals surface area contributed by atoms with Gasteiger partial charge in [-0.25, -0.2) is 4.39 Å². The summed E-state index contributed by atoms with van der Waals surface area (Å²) < 4.78 is 23.7. The molecule has 0 unspecified atom stereocenters. The number of benzene rings is 1. The van der Waals surface area contributed by atoms with Gasteiger partial charge in [-0.05, 0) is 36.4 Å². The standard InChI is InChI=1S/C18H17FN2O3/c1-18(2,3)15-10-16(21-24-15)20-17(22)14-9-8-13(23-14)11-4-6-12(19)7-5-11/h4-10H,1-3H3,(H,20,21,22). The number of carbonyl (C=O) groups is 1. The Morgan fingerprint density at radius 3 is 2.46 bits per heavy atom. The van der Waals surface area contributed by atoms with E-state index in [1.807, 2.05) is 20.8 Å². The Labute approximate surface area is 138 Å². The van der Waals surface area contributed by atoms with E-state index in [0.29, 0.717) is 22.9 Å². The van der Waals surface area contributed by atoms with E-state index in [9.17, 15) is 9.18 Å². The van der Waals surface area contributed by atoms with Gasteiger partial charge in [0.2, 0.25) is 0 Å². The van der Waals surface area contributed by atoms with E-state index in [1.54, 1.807) is 30.3 Å². The lowest BCUT2D eigenvalue weighted by molar-refractivity contribution is 0.0996.